The Hall–Kier alpha value is -0.0400. The standard InChI is InChI=1S/C31H65N/c1-3-5-7-9-11-12-13-14-15-16-17-18-19-20-21-23-25-27-29-31(30-32)28-26-24-22-10-8-6-4-2/h31H,3-30,32H2,1-2H3. The number of rotatable bonds is 28. The lowest BCUT2D eigenvalue weighted by Gasteiger charge is -2.14. The van der Waals surface area contributed by atoms with Crippen molar-refractivity contribution in [3.63, 3.8) is 0 Å². The molecule has 0 aromatic carbocycles. The second-order valence-corrected chi connectivity index (χ2v) is 10.8. The fraction of sp³-hybridized carbons (Fsp3) is 1.00. The Kier molecular flexibility index (Phi) is 29.0. The van der Waals surface area contributed by atoms with Crippen LogP contribution >= 0.6 is 0 Å². The molecular formula is C31H65N. The van der Waals surface area contributed by atoms with Gasteiger partial charge in [-0.2, -0.15) is 0 Å². The minimum atomic E-state index is 0.798. The summed E-state index contributed by atoms with van der Waals surface area (Å²) < 4.78 is 0. The fourth-order valence-electron chi connectivity index (χ4n) is 5.10. The lowest BCUT2D eigenvalue weighted by Crippen LogP contribution is -2.14. The molecular weight excluding hydrogens is 386 g/mol. The van der Waals surface area contributed by atoms with E-state index in [2.05, 4.69) is 13.8 Å². The van der Waals surface area contributed by atoms with Crippen molar-refractivity contribution in [3.05, 3.63) is 0 Å². The van der Waals surface area contributed by atoms with Gasteiger partial charge in [0.1, 0.15) is 0 Å². The van der Waals surface area contributed by atoms with E-state index in [0.717, 1.165) is 12.5 Å². The van der Waals surface area contributed by atoms with Crippen molar-refractivity contribution >= 4 is 0 Å². The summed E-state index contributed by atoms with van der Waals surface area (Å²) in [7, 11) is 0. The summed E-state index contributed by atoms with van der Waals surface area (Å²) in [4.78, 5) is 0. The van der Waals surface area contributed by atoms with Crippen molar-refractivity contribution in [2.75, 3.05) is 6.54 Å². The van der Waals surface area contributed by atoms with Gasteiger partial charge in [0.25, 0.3) is 0 Å². The number of hydrogen-bond donors (Lipinski definition) is 1. The highest BCUT2D eigenvalue weighted by atomic mass is 14.5. The first kappa shape index (κ1) is 32.0. The monoisotopic (exact) mass is 452 g/mol. The van der Waals surface area contributed by atoms with Crippen LogP contribution in [0.4, 0.5) is 0 Å². The molecule has 0 aromatic rings. The van der Waals surface area contributed by atoms with Gasteiger partial charge >= 0.3 is 0 Å². The maximum Gasteiger partial charge on any atom is -0.00489 e. The lowest BCUT2D eigenvalue weighted by molar-refractivity contribution is 0.409. The number of unbranched alkanes of at least 4 members (excludes halogenated alkanes) is 23. The summed E-state index contributed by atoms with van der Waals surface area (Å²) in [5, 5.41) is 0. The summed E-state index contributed by atoms with van der Waals surface area (Å²) in [6, 6.07) is 0. The van der Waals surface area contributed by atoms with Gasteiger partial charge in [0.2, 0.25) is 0 Å². The van der Waals surface area contributed by atoms with Crippen LogP contribution < -0.4 is 5.73 Å². The van der Waals surface area contributed by atoms with Gasteiger partial charge in [-0.25, -0.2) is 0 Å². The third-order valence-corrected chi connectivity index (χ3v) is 7.52. The summed E-state index contributed by atoms with van der Waals surface area (Å²) in [6.45, 7) is 5.51. The maximum atomic E-state index is 6.03. The van der Waals surface area contributed by atoms with Crippen molar-refractivity contribution < 1.29 is 0 Å². The molecule has 2 N–H and O–H groups in total. The molecule has 0 rings (SSSR count). The molecule has 1 heteroatoms. The van der Waals surface area contributed by atoms with Gasteiger partial charge in [-0.1, -0.05) is 174 Å². The molecule has 0 radical (unpaired) electrons. The molecule has 1 nitrogen and oxygen atoms in total. The van der Waals surface area contributed by atoms with E-state index in [0.29, 0.717) is 0 Å². The minimum Gasteiger partial charge on any atom is -0.330 e. The zero-order valence-electron chi connectivity index (χ0n) is 23.0. The Bertz CT molecular complexity index is 314. The minimum absolute atomic E-state index is 0.798. The molecule has 0 heterocycles. The Morgan fingerprint density at radius 2 is 0.562 bits per heavy atom. The van der Waals surface area contributed by atoms with Crippen LogP contribution in [0.1, 0.15) is 187 Å². The van der Waals surface area contributed by atoms with E-state index in [1.165, 1.54) is 173 Å². The molecule has 0 aliphatic rings. The van der Waals surface area contributed by atoms with Crippen LogP contribution in [0.5, 0.6) is 0 Å². The highest BCUT2D eigenvalue weighted by Gasteiger charge is 2.06. The second kappa shape index (κ2) is 29.0. The van der Waals surface area contributed by atoms with Crippen molar-refractivity contribution in [2.24, 2.45) is 11.7 Å². The molecule has 0 amide bonds. The molecule has 0 fully saturated rings. The molecule has 0 bridgehead atoms. The van der Waals surface area contributed by atoms with Gasteiger partial charge < -0.3 is 5.73 Å². The molecule has 1 atom stereocenters. The smallest absolute Gasteiger partial charge is 0.00489 e. The van der Waals surface area contributed by atoms with E-state index in [9.17, 15) is 0 Å². The predicted octanol–water partition coefficient (Wildman–Crippen LogP) is 11.1. The van der Waals surface area contributed by atoms with E-state index in [-0.39, 0.29) is 0 Å². The van der Waals surface area contributed by atoms with Gasteiger partial charge in [0, 0.05) is 0 Å². The average molecular weight is 452 g/mol. The summed E-state index contributed by atoms with van der Waals surface area (Å²) in [5.74, 6) is 0.798. The van der Waals surface area contributed by atoms with Crippen molar-refractivity contribution in [3.8, 4) is 0 Å². The SMILES string of the molecule is CCCCCCCCCCCCCCCCCCCCC(CN)CCCCCCCCC. The normalized spacial score (nSPS) is 12.5. The van der Waals surface area contributed by atoms with E-state index in [1.54, 1.807) is 0 Å². The van der Waals surface area contributed by atoms with Gasteiger partial charge in [-0.3, -0.25) is 0 Å². The van der Waals surface area contributed by atoms with Gasteiger partial charge in [0.05, 0.1) is 0 Å². The highest BCUT2D eigenvalue weighted by Crippen LogP contribution is 2.19. The predicted molar refractivity (Wildman–Crippen MR) is 149 cm³/mol. The molecule has 1 unspecified atom stereocenters. The molecule has 32 heavy (non-hydrogen) atoms. The van der Waals surface area contributed by atoms with Crippen molar-refractivity contribution in [1.29, 1.82) is 0 Å². The summed E-state index contributed by atoms with van der Waals surface area (Å²) in [5.41, 5.74) is 6.03. The number of nitrogens with two attached hydrogens (primary N) is 1. The molecule has 0 aliphatic carbocycles. The molecule has 194 valence electrons. The first-order valence-corrected chi connectivity index (χ1v) is 15.5. The average Bonchev–Trinajstić information content (AvgIpc) is 2.81. The van der Waals surface area contributed by atoms with Crippen LogP contribution in [0.15, 0.2) is 0 Å². The Labute approximate surface area is 205 Å². The molecule has 0 aromatic heterocycles. The van der Waals surface area contributed by atoms with Crippen LogP contribution in [0.25, 0.3) is 0 Å². The summed E-state index contributed by atoms with van der Waals surface area (Å²) >= 11 is 0. The van der Waals surface area contributed by atoms with Crippen LogP contribution in [0, 0.1) is 5.92 Å². The Balaban J connectivity index is 3.21. The Morgan fingerprint density at radius 3 is 0.781 bits per heavy atom. The topological polar surface area (TPSA) is 26.0 Å². The van der Waals surface area contributed by atoms with E-state index in [4.69, 9.17) is 5.73 Å². The summed E-state index contributed by atoms with van der Waals surface area (Å²) in [6.07, 6.45) is 39.0. The van der Waals surface area contributed by atoms with E-state index >= 15 is 0 Å². The van der Waals surface area contributed by atoms with Gasteiger partial charge in [0.15, 0.2) is 0 Å². The zero-order chi connectivity index (χ0) is 23.4. The largest absolute Gasteiger partial charge is 0.330 e. The van der Waals surface area contributed by atoms with Crippen molar-refractivity contribution in [1.82, 2.24) is 0 Å². The van der Waals surface area contributed by atoms with Crippen LogP contribution in [0.3, 0.4) is 0 Å². The van der Waals surface area contributed by atoms with Gasteiger partial charge in [-0.05, 0) is 25.3 Å². The molecule has 0 saturated heterocycles. The quantitative estimate of drug-likeness (QED) is 0.118. The molecule has 0 aliphatic heterocycles. The third-order valence-electron chi connectivity index (χ3n) is 7.52. The van der Waals surface area contributed by atoms with E-state index < -0.39 is 0 Å². The first-order valence-electron chi connectivity index (χ1n) is 15.5. The maximum absolute atomic E-state index is 6.03. The highest BCUT2D eigenvalue weighted by molar-refractivity contribution is 4.61. The third kappa shape index (κ3) is 26.2. The number of hydrogen-bond acceptors (Lipinski definition) is 1. The lowest BCUT2D eigenvalue weighted by atomic mass is 9.94. The fourth-order valence-corrected chi connectivity index (χ4v) is 5.10. The molecule has 0 saturated carbocycles. The second-order valence-electron chi connectivity index (χ2n) is 10.8. The molecule has 0 spiro atoms. The van der Waals surface area contributed by atoms with Gasteiger partial charge in [-0.15, -0.1) is 0 Å². The Morgan fingerprint density at radius 1 is 0.344 bits per heavy atom. The van der Waals surface area contributed by atoms with E-state index in [1.807, 2.05) is 0 Å². The first-order chi connectivity index (χ1) is 15.8. The van der Waals surface area contributed by atoms with Crippen LogP contribution in [-0.2, 0) is 0 Å². The zero-order valence-corrected chi connectivity index (χ0v) is 23.0. The van der Waals surface area contributed by atoms with Crippen LogP contribution in [-0.4, -0.2) is 6.54 Å². The van der Waals surface area contributed by atoms with Crippen molar-refractivity contribution in [2.45, 2.75) is 187 Å². The van der Waals surface area contributed by atoms with Crippen LogP contribution in [0.2, 0.25) is 0 Å².